The van der Waals surface area contributed by atoms with Gasteiger partial charge in [0.05, 0.1) is 12.2 Å². The van der Waals surface area contributed by atoms with Crippen molar-refractivity contribution in [1.29, 1.82) is 0 Å². The maximum Gasteiger partial charge on any atom is 0.0812 e. The van der Waals surface area contributed by atoms with E-state index in [1.807, 2.05) is 0 Å². The van der Waals surface area contributed by atoms with Crippen LogP contribution < -0.4 is 10.6 Å². The molecule has 3 nitrogen and oxygen atoms in total. The number of morpholine rings is 1. The molecule has 4 rings (SSSR count). The van der Waals surface area contributed by atoms with Crippen molar-refractivity contribution >= 4 is 0 Å². The number of hydrogen-bond acceptors (Lipinski definition) is 3. The van der Waals surface area contributed by atoms with Crippen LogP contribution in [-0.4, -0.2) is 37.9 Å². The summed E-state index contributed by atoms with van der Waals surface area (Å²) in [5, 5.41) is 7.41. The number of hydrogen-bond donors (Lipinski definition) is 2. The van der Waals surface area contributed by atoms with Gasteiger partial charge in [-0.1, -0.05) is 27.7 Å². The second-order valence-electron chi connectivity index (χ2n) is 10.2. The van der Waals surface area contributed by atoms with E-state index in [0.29, 0.717) is 16.9 Å². The molecule has 0 aromatic heterocycles. The fraction of sp³-hybridized carbons (Fsp3) is 1.00. The Morgan fingerprint density at radius 2 is 1.83 bits per heavy atom. The minimum absolute atomic E-state index is 0.177. The maximum atomic E-state index is 6.46. The van der Waals surface area contributed by atoms with Crippen molar-refractivity contribution in [2.24, 2.45) is 28.6 Å². The Morgan fingerprint density at radius 3 is 2.30 bits per heavy atom. The SMILES string of the molecule is CC(C)C1CC2(CNC(C(C)(C)C3CCC4(CNC4)C3)CO2)C1. The summed E-state index contributed by atoms with van der Waals surface area (Å²) < 4.78 is 6.46. The highest BCUT2D eigenvalue weighted by molar-refractivity contribution is 5.07. The summed E-state index contributed by atoms with van der Waals surface area (Å²) in [4.78, 5) is 0. The highest BCUT2D eigenvalue weighted by Gasteiger charge is 2.53. The van der Waals surface area contributed by atoms with Crippen LogP contribution in [0.15, 0.2) is 0 Å². The van der Waals surface area contributed by atoms with Crippen LogP contribution in [0, 0.1) is 28.6 Å². The Labute approximate surface area is 142 Å². The molecule has 23 heavy (non-hydrogen) atoms. The third-order valence-corrected chi connectivity index (χ3v) is 8.09. The summed E-state index contributed by atoms with van der Waals surface area (Å²) >= 11 is 0. The molecule has 2 unspecified atom stereocenters. The van der Waals surface area contributed by atoms with Crippen molar-refractivity contribution in [2.45, 2.75) is 71.4 Å². The molecule has 4 aliphatic rings. The third-order valence-electron chi connectivity index (χ3n) is 8.09. The Kier molecular flexibility index (Phi) is 3.87. The molecule has 2 spiro atoms. The van der Waals surface area contributed by atoms with E-state index < -0.39 is 0 Å². The molecule has 3 heteroatoms. The van der Waals surface area contributed by atoms with Gasteiger partial charge in [-0.15, -0.1) is 0 Å². The largest absolute Gasteiger partial charge is 0.372 e. The van der Waals surface area contributed by atoms with Crippen LogP contribution in [0.4, 0.5) is 0 Å². The van der Waals surface area contributed by atoms with Crippen LogP contribution in [0.2, 0.25) is 0 Å². The average molecular weight is 321 g/mol. The zero-order valence-corrected chi connectivity index (χ0v) is 15.6. The topological polar surface area (TPSA) is 33.3 Å². The lowest BCUT2D eigenvalue weighted by atomic mass is 9.64. The molecule has 132 valence electrons. The molecule has 2 heterocycles. The van der Waals surface area contributed by atoms with E-state index in [9.17, 15) is 0 Å². The van der Waals surface area contributed by atoms with Crippen LogP contribution in [0.25, 0.3) is 0 Å². The van der Waals surface area contributed by atoms with E-state index in [0.717, 1.165) is 30.9 Å². The van der Waals surface area contributed by atoms with Gasteiger partial charge in [0.25, 0.3) is 0 Å². The van der Waals surface area contributed by atoms with Gasteiger partial charge in [0.2, 0.25) is 0 Å². The lowest BCUT2D eigenvalue weighted by Gasteiger charge is -2.55. The molecule has 2 aliphatic heterocycles. The molecule has 0 aromatic rings. The van der Waals surface area contributed by atoms with E-state index in [-0.39, 0.29) is 5.60 Å². The lowest BCUT2D eigenvalue weighted by Crippen LogP contribution is -2.64. The minimum atomic E-state index is 0.177. The highest BCUT2D eigenvalue weighted by Crippen LogP contribution is 2.53. The van der Waals surface area contributed by atoms with Gasteiger partial charge in [-0.05, 0) is 60.7 Å². The lowest BCUT2D eigenvalue weighted by molar-refractivity contribution is -0.174. The number of ether oxygens (including phenoxy) is 1. The molecule has 4 fully saturated rings. The molecule has 0 bridgehead atoms. The first-order valence-electron chi connectivity index (χ1n) is 9.92. The van der Waals surface area contributed by atoms with Gasteiger partial charge in [-0.2, -0.15) is 0 Å². The molecule has 2 saturated heterocycles. The summed E-state index contributed by atoms with van der Waals surface area (Å²) in [6.45, 7) is 14.2. The van der Waals surface area contributed by atoms with Gasteiger partial charge < -0.3 is 15.4 Å². The molecular weight excluding hydrogens is 284 g/mol. The summed E-state index contributed by atoms with van der Waals surface area (Å²) in [5.74, 6) is 2.54. The third kappa shape index (κ3) is 2.67. The fourth-order valence-corrected chi connectivity index (χ4v) is 5.71. The molecule has 2 N–H and O–H groups in total. The van der Waals surface area contributed by atoms with Crippen LogP contribution in [0.5, 0.6) is 0 Å². The first kappa shape index (κ1) is 16.4. The maximum absolute atomic E-state index is 6.46. The standard InChI is InChI=1S/C20H36N2O/c1-14(2)15-7-20(8-15)13-22-17(10-23-20)18(3,4)16-5-6-19(9-16)11-21-12-19/h14-17,21-22H,5-13H2,1-4H3. The predicted molar refractivity (Wildman–Crippen MR) is 94.5 cm³/mol. The van der Waals surface area contributed by atoms with E-state index in [4.69, 9.17) is 4.74 Å². The second-order valence-corrected chi connectivity index (χ2v) is 10.2. The summed E-state index contributed by atoms with van der Waals surface area (Å²) in [6.07, 6.45) is 6.80. The van der Waals surface area contributed by atoms with E-state index in [2.05, 4.69) is 38.3 Å². The van der Waals surface area contributed by atoms with E-state index in [1.54, 1.807) is 0 Å². The van der Waals surface area contributed by atoms with Gasteiger partial charge in [0, 0.05) is 25.7 Å². The molecule has 2 aliphatic carbocycles. The molecule has 2 atom stereocenters. The van der Waals surface area contributed by atoms with Crippen LogP contribution >= 0.6 is 0 Å². The van der Waals surface area contributed by atoms with Gasteiger partial charge in [-0.3, -0.25) is 0 Å². The normalized spacial score (nSPS) is 42.9. The quantitative estimate of drug-likeness (QED) is 0.838. The summed E-state index contributed by atoms with van der Waals surface area (Å²) in [5.41, 5.74) is 1.18. The number of nitrogens with one attached hydrogen (secondary N) is 2. The van der Waals surface area contributed by atoms with Gasteiger partial charge in [0.15, 0.2) is 0 Å². The van der Waals surface area contributed by atoms with Gasteiger partial charge in [-0.25, -0.2) is 0 Å². The summed E-state index contributed by atoms with van der Waals surface area (Å²) in [7, 11) is 0. The minimum Gasteiger partial charge on any atom is -0.372 e. The Morgan fingerprint density at radius 1 is 1.09 bits per heavy atom. The summed E-state index contributed by atoms with van der Waals surface area (Å²) in [6, 6.07) is 0.527. The van der Waals surface area contributed by atoms with Crippen LogP contribution in [0.3, 0.4) is 0 Å². The van der Waals surface area contributed by atoms with Crippen molar-refractivity contribution in [3.05, 3.63) is 0 Å². The zero-order valence-electron chi connectivity index (χ0n) is 15.6. The van der Waals surface area contributed by atoms with Crippen LogP contribution in [-0.2, 0) is 4.74 Å². The monoisotopic (exact) mass is 320 g/mol. The molecule has 0 radical (unpaired) electrons. The first-order chi connectivity index (χ1) is 10.8. The van der Waals surface area contributed by atoms with Crippen LogP contribution in [0.1, 0.15) is 59.8 Å². The Balaban J connectivity index is 1.33. The Hall–Kier alpha value is -0.120. The van der Waals surface area contributed by atoms with Crippen molar-refractivity contribution < 1.29 is 4.74 Å². The van der Waals surface area contributed by atoms with E-state index >= 15 is 0 Å². The second kappa shape index (κ2) is 5.44. The average Bonchev–Trinajstić information content (AvgIpc) is 2.91. The highest BCUT2D eigenvalue weighted by atomic mass is 16.5. The van der Waals surface area contributed by atoms with Gasteiger partial charge in [0.1, 0.15) is 0 Å². The number of rotatable bonds is 3. The smallest absolute Gasteiger partial charge is 0.0812 e. The predicted octanol–water partition coefficient (Wildman–Crippen LogP) is 3.20. The molecule has 0 aromatic carbocycles. The first-order valence-corrected chi connectivity index (χ1v) is 9.92. The zero-order chi connectivity index (χ0) is 16.3. The Bertz CT molecular complexity index is 439. The molecule has 0 amide bonds. The van der Waals surface area contributed by atoms with Crippen molar-refractivity contribution in [3.63, 3.8) is 0 Å². The van der Waals surface area contributed by atoms with Crippen molar-refractivity contribution in [2.75, 3.05) is 26.2 Å². The van der Waals surface area contributed by atoms with E-state index in [1.165, 1.54) is 45.2 Å². The van der Waals surface area contributed by atoms with Gasteiger partial charge >= 0.3 is 0 Å². The fourth-order valence-electron chi connectivity index (χ4n) is 5.71. The molecule has 2 saturated carbocycles. The van der Waals surface area contributed by atoms with Crippen molar-refractivity contribution in [3.8, 4) is 0 Å². The molecular formula is C20H36N2O. The van der Waals surface area contributed by atoms with Crippen molar-refractivity contribution in [1.82, 2.24) is 10.6 Å².